The molecule has 116 valence electrons. The molecular formula is C16H26N4S. The van der Waals surface area contributed by atoms with Crippen molar-refractivity contribution in [3.63, 3.8) is 0 Å². The maximum Gasteiger partial charge on any atom is 0.136 e. The molecule has 0 aliphatic heterocycles. The number of hydrogen-bond acceptors (Lipinski definition) is 5. The third-order valence-corrected chi connectivity index (χ3v) is 5.41. The summed E-state index contributed by atoms with van der Waals surface area (Å²) >= 11 is 1.99. The summed E-state index contributed by atoms with van der Waals surface area (Å²) in [5, 5.41) is 7.86. The quantitative estimate of drug-likeness (QED) is 0.801. The lowest BCUT2D eigenvalue weighted by atomic mass is 10.2. The van der Waals surface area contributed by atoms with Crippen molar-refractivity contribution in [1.82, 2.24) is 9.97 Å². The van der Waals surface area contributed by atoms with Gasteiger partial charge in [0.2, 0.25) is 0 Å². The predicted molar refractivity (Wildman–Crippen MR) is 91.4 cm³/mol. The molecule has 5 heteroatoms. The van der Waals surface area contributed by atoms with Gasteiger partial charge >= 0.3 is 0 Å². The van der Waals surface area contributed by atoms with Crippen molar-refractivity contribution in [2.24, 2.45) is 0 Å². The molecule has 3 rings (SSSR count). The first-order valence-electron chi connectivity index (χ1n) is 8.20. The average molecular weight is 306 g/mol. The lowest BCUT2D eigenvalue weighted by molar-refractivity contribution is 0.748. The van der Waals surface area contributed by atoms with Gasteiger partial charge in [0.15, 0.2) is 0 Å². The zero-order chi connectivity index (χ0) is 14.7. The molecule has 2 unspecified atom stereocenters. The highest BCUT2D eigenvalue weighted by molar-refractivity contribution is 7.99. The minimum absolute atomic E-state index is 0.573. The van der Waals surface area contributed by atoms with E-state index in [1.165, 1.54) is 32.1 Å². The van der Waals surface area contributed by atoms with Crippen LogP contribution in [0, 0.1) is 0 Å². The molecule has 2 N–H and O–H groups in total. The van der Waals surface area contributed by atoms with Crippen LogP contribution < -0.4 is 10.6 Å². The van der Waals surface area contributed by atoms with Gasteiger partial charge in [0.05, 0.1) is 0 Å². The molecule has 2 saturated carbocycles. The second kappa shape index (κ2) is 6.86. The molecule has 2 aliphatic carbocycles. The monoisotopic (exact) mass is 306 g/mol. The number of nitrogens with one attached hydrogen (secondary N) is 2. The van der Waals surface area contributed by atoms with Gasteiger partial charge in [-0.15, -0.1) is 0 Å². The Labute approximate surface area is 131 Å². The SMILES string of the molecule is CCCNc1cc(NC2CCC(SC)C2)nc(C2CC2)n1. The summed E-state index contributed by atoms with van der Waals surface area (Å²) in [5.41, 5.74) is 0. The molecule has 0 radical (unpaired) electrons. The van der Waals surface area contributed by atoms with Crippen LogP contribution in [0.25, 0.3) is 0 Å². The number of aromatic nitrogens is 2. The first kappa shape index (κ1) is 14.9. The number of thioether (sulfide) groups is 1. The van der Waals surface area contributed by atoms with Gasteiger partial charge in [-0.1, -0.05) is 6.92 Å². The van der Waals surface area contributed by atoms with Crippen molar-refractivity contribution < 1.29 is 0 Å². The summed E-state index contributed by atoms with van der Waals surface area (Å²) < 4.78 is 0. The smallest absolute Gasteiger partial charge is 0.136 e. The lowest BCUT2D eigenvalue weighted by Gasteiger charge is -2.15. The Balaban J connectivity index is 1.69. The summed E-state index contributed by atoms with van der Waals surface area (Å²) in [7, 11) is 0. The van der Waals surface area contributed by atoms with E-state index in [0.717, 1.165) is 35.7 Å². The number of anilines is 2. The van der Waals surface area contributed by atoms with Crippen LogP contribution in [-0.2, 0) is 0 Å². The Morgan fingerprint density at radius 3 is 2.67 bits per heavy atom. The van der Waals surface area contributed by atoms with Gasteiger partial charge in [-0.3, -0.25) is 0 Å². The van der Waals surface area contributed by atoms with Crippen molar-refractivity contribution in [1.29, 1.82) is 0 Å². The summed E-state index contributed by atoms with van der Waals surface area (Å²) in [4.78, 5) is 9.42. The molecule has 2 aliphatic rings. The maximum atomic E-state index is 4.75. The van der Waals surface area contributed by atoms with E-state index in [9.17, 15) is 0 Å². The van der Waals surface area contributed by atoms with E-state index in [2.05, 4.69) is 34.9 Å². The van der Waals surface area contributed by atoms with Gasteiger partial charge in [0.25, 0.3) is 0 Å². The van der Waals surface area contributed by atoms with Crippen LogP contribution in [0.3, 0.4) is 0 Å². The number of nitrogens with zero attached hydrogens (tertiary/aromatic N) is 2. The largest absolute Gasteiger partial charge is 0.370 e. The van der Waals surface area contributed by atoms with E-state index in [0.29, 0.717) is 12.0 Å². The highest BCUT2D eigenvalue weighted by atomic mass is 32.2. The second-order valence-corrected chi connectivity index (χ2v) is 7.35. The third kappa shape index (κ3) is 4.02. The van der Waals surface area contributed by atoms with Crippen LogP contribution in [0.5, 0.6) is 0 Å². The fraction of sp³-hybridized carbons (Fsp3) is 0.750. The van der Waals surface area contributed by atoms with Gasteiger partial charge in [-0.2, -0.15) is 11.8 Å². The Bertz CT molecular complexity index is 475. The molecule has 2 fully saturated rings. The normalized spacial score (nSPS) is 25.0. The zero-order valence-corrected chi connectivity index (χ0v) is 13.9. The van der Waals surface area contributed by atoms with Crippen LogP contribution in [-0.4, -0.2) is 34.1 Å². The first-order chi connectivity index (χ1) is 10.3. The van der Waals surface area contributed by atoms with Crippen LogP contribution in [0.1, 0.15) is 57.2 Å². The molecule has 2 atom stereocenters. The molecule has 4 nitrogen and oxygen atoms in total. The van der Waals surface area contributed by atoms with Gasteiger partial charge in [0, 0.05) is 29.8 Å². The van der Waals surface area contributed by atoms with Gasteiger partial charge in [-0.05, 0) is 44.8 Å². The lowest BCUT2D eigenvalue weighted by Crippen LogP contribution is -2.18. The predicted octanol–water partition coefficient (Wildman–Crippen LogP) is 3.87. The molecule has 21 heavy (non-hydrogen) atoms. The maximum absolute atomic E-state index is 4.75. The van der Waals surface area contributed by atoms with Gasteiger partial charge < -0.3 is 10.6 Å². The highest BCUT2D eigenvalue weighted by Crippen LogP contribution is 2.39. The Hall–Kier alpha value is -0.970. The van der Waals surface area contributed by atoms with E-state index in [-0.39, 0.29) is 0 Å². The highest BCUT2D eigenvalue weighted by Gasteiger charge is 2.28. The topological polar surface area (TPSA) is 49.8 Å². The molecule has 0 aromatic carbocycles. The summed E-state index contributed by atoms with van der Waals surface area (Å²) in [6, 6.07) is 2.65. The summed E-state index contributed by atoms with van der Waals surface area (Å²) in [6.07, 6.45) is 9.65. The minimum atomic E-state index is 0.573. The van der Waals surface area contributed by atoms with E-state index in [1.54, 1.807) is 0 Å². The van der Waals surface area contributed by atoms with Gasteiger partial charge in [0.1, 0.15) is 17.5 Å². The average Bonchev–Trinajstić information content (AvgIpc) is 3.26. The number of hydrogen-bond donors (Lipinski definition) is 2. The fourth-order valence-corrected chi connectivity index (χ4v) is 3.70. The molecule has 0 amide bonds. The summed E-state index contributed by atoms with van der Waals surface area (Å²) in [5.74, 6) is 3.61. The molecule has 1 aromatic rings. The van der Waals surface area contributed by atoms with Crippen LogP contribution in [0.15, 0.2) is 6.07 Å². The minimum Gasteiger partial charge on any atom is -0.370 e. The van der Waals surface area contributed by atoms with Crippen LogP contribution in [0.2, 0.25) is 0 Å². The van der Waals surface area contributed by atoms with Crippen LogP contribution in [0.4, 0.5) is 11.6 Å². The number of rotatable bonds is 7. The second-order valence-electron chi connectivity index (χ2n) is 6.21. The van der Waals surface area contributed by atoms with Crippen molar-refractivity contribution in [3.8, 4) is 0 Å². The first-order valence-corrected chi connectivity index (χ1v) is 9.49. The van der Waals surface area contributed by atoms with E-state index < -0.39 is 0 Å². The van der Waals surface area contributed by atoms with Crippen LogP contribution >= 0.6 is 11.8 Å². The Morgan fingerprint density at radius 2 is 2.00 bits per heavy atom. The molecular weight excluding hydrogens is 280 g/mol. The Kier molecular flexibility index (Phi) is 4.88. The third-order valence-electron chi connectivity index (χ3n) is 4.31. The molecule has 0 spiro atoms. The van der Waals surface area contributed by atoms with Gasteiger partial charge in [-0.25, -0.2) is 9.97 Å². The van der Waals surface area contributed by atoms with Crippen molar-refractivity contribution in [2.45, 2.75) is 62.7 Å². The van der Waals surface area contributed by atoms with Crippen molar-refractivity contribution in [2.75, 3.05) is 23.4 Å². The molecule has 1 heterocycles. The zero-order valence-electron chi connectivity index (χ0n) is 13.1. The standard InChI is InChI=1S/C16H26N4S/c1-3-8-17-14-10-15(20-16(19-14)11-4-5-11)18-12-6-7-13(9-12)21-2/h10-13H,3-9H2,1-2H3,(H2,17,18,19,20). The van der Waals surface area contributed by atoms with E-state index in [4.69, 9.17) is 4.98 Å². The fourth-order valence-electron chi connectivity index (χ4n) is 2.90. The van der Waals surface area contributed by atoms with E-state index in [1.807, 2.05) is 11.8 Å². The van der Waals surface area contributed by atoms with E-state index >= 15 is 0 Å². The van der Waals surface area contributed by atoms with Crippen molar-refractivity contribution in [3.05, 3.63) is 11.9 Å². The Morgan fingerprint density at radius 1 is 1.19 bits per heavy atom. The van der Waals surface area contributed by atoms with Crippen molar-refractivity contribution >= 4 is 23.4 Å². The molecule has 1 aromatic heterocycles. The molecule has 0 bridgehead atoms. The molecule has 0 saturated heterocycles. The summed E-state index contributed by atoms with van der Waals surface area (Å²) in [6.45, 7) is 3.15.